The summed E-state index contributed by atoms with van der Waals surface area (Å²) in [5.74, 6) is 0.886. The first-order valence-electron chi connectivity index (χ1n) is 8.77. The highest BCUT2D eigenvalue weighted by Gasteiger charge is 2.12. The van der Waals surface area contributed by atoms with Crippen LogP contribution >= 0.6 is 0 Å². The first-order chi connectivity index (χ1) is 12.6. The Kier molecular flexibility index (Phi) is 5.64. The van der Waals surface area contributed by atoms with Gasteiger partial charge in [0.15, 0.2) is 0 Å². The molecule has 1 aromatic heterocycles. The van der Waals surface area contributed by atoms with Crippen LogP contribution in [0.1, 0.15) is 41.3 Å². The number of benzene rings is 2. The standard InChI is InChI=1S/C22H23N3O/c1-16(2)18-10-12-19(13-11-18)25-21-20(9-6-14-23-21)22(26)24-15-17-7-4-3-5-8-17/h3-14,16H,15H2,1-2H3,(H,23,25)(H,24,26). The number of anilines is 2. The van der Waals surface area contributed by atoms with Crippen LogP contribution < -0.4 is 10.6 Å². The van der Waals surface area contributed by atoms with Crippen LogP contribution in [0.25, 0.3) is 0 Å². The Balaban J connectivity index is 1.72. The number of hydrogen-bond donors (Lipinski definition) is 2. The number of carbonyl (C=O) groups excluding carboxylic acids is 1. The van der Waals surface area contributed by atoms with Gasteiger partial charge in [-0.15, -0.1) is 0 Å². The highest BCUT2D eigenvalue weighted by Crippen LogP contribution is 2.21. The van der Waals surface area contributed by atoms with Crippen molar-refractivity contribution in [2.24, 2.45) is 0 Å². The van der Waals surface area contributed by atoms with Gasteiger partial charge >= 0.3 is 0 Å². The zero-order chi connectivity index (χ0) is 18.4. The number of aromatic nitrogens is 1. The van der Waals surface area contributed by atoms with E-state index in [0.717, 1.165) is 11.3 Å². The second kappa shape index (κ2) is 8.30. The van der Waals surface area contributed by atoms with Crippen LogP contribution in [0, 0.1) is 0 Å². The van der Waals surface area contributed by atoms with E-state index in [9.17, 15) is 4.79 Å². The van der Waals surface area contributed by atoms with Crippen LogP contribution in [0.4, 0.5) is 11.5 Å². The van der Waals surface area contributed by atoms with Gasteiger partial charge < -0.3 is 10.6 Å². The van der Waals surface area contributed by atoms with Crippen LogP contribution in [0.2, 0.25) is 0 Å². The molecular formula is C22H23N3O. The van der Waals surface area contributed by atoms with Gasteiger partial charge in [-0.05, 0) is 41.3 Å². The van der Waals surface area contributed by atoms with Crippen molar-refractivity contribution in [3.63, 3.8) is 0 Å². The molecule has 4 heteroatoms. The van der Waals surface area contributed by atoms with Crippen molar-refractivity contribution in [2.45, 2.75) is 26.3 Å². The largest absolute Gasteiger partial charge is 0.348 e. The first-order valence-corrected chi connectivity index (χ1v) is 8.77. The molecule has 0 spiro atoms. The fraction of sp³-hybridized carbons (Fsp3) is 0.182. The molecule has 0 aliphatic heterocycles. The van der Waals surface area contributed by atoms with Gasteiger partial charge in [0.2, 0.25) is 0 Å². The minimum Gasteiger partial charge on any atom is -0.348 e. The Morgan fingerprint density at radius 2 is 1.69 bits per heavy atom. The lowest BCUT2D eigenvalue weighted by Gasteiger charge is -2.12. The van der Waals surface area contributed by atoms with Crippen LogP contribution in [0.5, 0.6) is 0 Å². The molecule has 0 bridgehead atoms. The lowest BCUT2D eigenvalue weighted by molar-refractivity contribution is 0.0951. The summed E-state index contributed by atoms with van der Waals surface area (Å²) in [6, 6.07) is 21.6. The van der Waals surface area contributed by atoms with Crippen LogP contribution in [0.15, 0.2) is 72.9 Å². The van der Waals surface area contributed by atoms with E-state index in [1.54, 1.807) is 18.3 Å². The number of hydrogen-bond acceptors (Lipinski definition) is 3. The number of nitrogens with one attached hydrogen (secondary N) is 2. The van der Waals surface area contributed by atoms with Crippen molar-refractivity contribution in [2.75, 3.05) is 5.32 Å². The summed E-state index contributed by atoms with van der Waals surface area (Å²) in [6.07, 6.45) is 1.68. The maximum absolute atomic E-state index is 12.6. The van der Waals surface area contributed by atoms with Crippen molar-refractivity contribution in [3.8, 4) is 0 Å². The topological polar surface area (TPSA) is 54.0 Å². The summed E-state index contributed by atoms with van der Waals surface area (Å²) < 4.78 is 0. The molecule has 3 rings (SSSR count). The molecule has 0 fully saturated rings. The summed E-state index contributed by atoms with van der Waals surface area (Å²) >= 11 is 0. The Labute approximate surface area is 154 Å². The molecule has 0 radical (unpaired) electrons. The van der Waals surface area contributed by atoms with Crippen molar-refractivity contribution in [3.05, 3.63) is 89.6 Å². The van der Waals surface area contributed by atoms with Gasteiger partial charge in [0.1, 0.15) is 5.82 Å². The predicted molar refractivity (Wildman–Crippen MR) is 106 cm³/mol. The summed E-state index contributed by atoms with van der Waals surface area (Å²) in [7, 11) is 0. The summed E-state index contributed by atoms with van der Waals surface area (Å²) in [5.41, 5.74) is 3.77. The molecule has 2 aromatic carbocycles. The Morgan fingerprint density at radius 3 is 2.38 bits per heavy atom. The van der Waals surface area contributed by atoms with E-state index in [4.69, 9.17) is 0 Å². The van der Waals surface area contributed by atoms with Gasteiger partial charge in [-0.2, -0.15) is 0 Å². The van der Waals surface area contributed by atoms with Gasteiger partial charge in [0.05, 0.1) is 5.56 Å². The third-order valence-electron chi connectivity index (χ3n) is 4.19. The van der Waals surface area contributed by atoms with E-state index in [1.165, 1.54) is 5.56 Å². The Bertz CT molecular complexity index is 858. The third kappa shape index (κ3) is 4.48. The second-order valence-corrected chi connectivity index (χ2v) is 6.47. The highest BCUT2D eigenvalue weighted by molar-refractivity contribution is 5.99. The first kappa shape index (κ1) is 17.7. The van der Waals surface area contributed by atoms with Crippen molar-refractivity contribution >= 4 is 17.4 Å². The fourth-order valence-electron chi connectivity index (χ4n) is 2.65. The molecule has 2 N–H and O–H groups in total. The van der Waals surface area contributed by atoms with Crippen molar-refractivity contribution in [1.82, 2.24) is 10.3 Å². The molecule has 3 aromatic rings. The molecule has 26 heavy (non-hydrogen) atoms. The SMILES string of the molecule is CC(C)c1ccc(Nc2ncccc2C(=O)NCc2ccccc2)cc1. The molecule has 1 heterocycles. The molecule has 0 aliphatic rings. The lowest BCUT2D eigenvalue weighted by atomic mass is 10.0. The summed E-state index contributed by atoms with van der Waals surface area (Å²) in [5, 5.41) is 6.19. The van der Waals surface area contributed by atoms with E-state index in [-0.39, 0.29) is 5.91 Å². The Morgan fingerprint density at radius 1 is 0.962 bits per heavy atom. The molecule has 132 valence electrons. The van der Waals surface area contributed by atoms with E-state index in [2.05, 4.69) is 41.6 Å². The van der Waals surface area contributed by atoms with Crippen molar-refractivity contribution in [1.29, 1.82) is 0 Å². The van der Waals surface area contributed by atoms with Gasteiger partial charge in [0, 0.05) is 18.4 Å². The smallest absolute Gasteiger partial charge is 0.255 e. The van der Waals surface area contributed by atoms with Crippen LogP contribution in [-0.2, 0) is 6.54 Å². The number of rotatable bonds is 6. The highest BCUT2D eigenvalue weighted by atomic mass is 16.1. The molecule has 0 saturated heterocycles. The number of carbonyl (C=O) groups is 1. The van der Waals surface area contributed by atoms with E-state index in [0.29, 0.717) is 23.8 Å². The fourth-order valence-corrected chi connectivity index (χ4v) is 2.65. The van der Waals surface area contributed by atoms with E-state index >= 15 is 0 Å². The normalized spacial score (nSPS) is 10.6. The third-order valence-corrected chi connectivity index (χ3v) is 4.19. The molecule has 1 amide bonds. The van der Waals surface area contributed by atoms with Gasteiger partial charge in [-0.3, -0.25) is 4.79 Å². The minimum atomic E-state index is -0.150. The van der Waals surface area contributed by atoms with Crippen molar-refractivity contribution < 1.29 is 4.79 Å². The van der Waals surface area contributed by atoms with Gasteiger partial charge in [-0.1, -0.05) is 56.3 Å². The molecule has 0 unspecified atom stereocenters. The zero-order valence-electron chi connectivity index (χ0n) is 15.1. The van der Waals surface area contributed by atoms with Crippen LogP contribution in [-0.4, -0.2) is 10.9 Å². The molecule has 0 aliphatic carbocycles. The molecule has 0 saturated carbocycles. The van der Waals surface area contributed by atoms with Gasteiger partial charge in [-0.25, -0.2) is 4.98 Å². The molecule has 0 atom stereocenters. The predicted octanol–water partition coefficient (Wildman–Crippen LogP) is 4.88. The lowest BCUT2D eigenvalue weighted by Crippen LogP contribution is -2.24. The Hall–Kier alpha value is -3.14. The second-order valence-electron chi connectivity index (χ2n) is 6.47. The average molecular weight is 345 g/mol. The zero-order valence-corrected chi connectivity index (χ0v) is 15.1. The molecule has 4 nitrogen and oxygen atoms in total. The number of nitrogens with zero attached hydrogens (tertiary/aromatic N) is 1. The minimum absolute atomic E-state index is 0.150. The maximum atomic E-state index is 12.6. The summed E-state index contributed by atoms with van der Waals surface area (Å²) in [6.45, 7) is 4.81. The van der Waals surface area contributed by atoms with Crippen LogP contribution in [0.3, 0.4) is 0 Å². The van der Waals surface area contributed by atoms with Gasteiger partial charge in [0.25, 0.3) is 5.91 Å². The van der Waals surface area contributed by atoms with E-state index in [1.807, 2.05) is 42.5 Å². The number of pyridine rings is 1. The quantitative estimate of drug-likeness (QED) is 0.669. The number of amides is 1. The maximum Gasteiger partial charge on any atom is 0.255 e. The average Bonchev–Trinajstić information content (AvgIpc) is 2.68. The molecular weight excluding hydrogens is 322 g/mol. The monoisotopic (exact) mass is 345 g/mol. The van der Waals surface area contributed by atoms with E-state index < -0.39 is 0 Å². The summed E-state index contributed by atoms with van der Waals surface area (Å²) in [4.78, 5) is 16.9.